The second kappa shape index (κ2) is 13.2. The molecule has 3 rings (SSSR count). The molecule has 0 bridgehead atoms. The number of benzene rings is 1. The SMILES string of the molecule is CC(N)=CC(=O)C(C(=O)N1CCCC1C(=O)NC(CC(=O)C(C)C)c1ccc(-c2scnc2C)cc1)C(C)C. The van der Waals surface area contributed by atoms with E-state index in [-0.39, 0.29) is 41.6 Å². The van der Waals surface area contributed by atoms with Gasteiger partial charge in [-0.05, 0) is 43.7 Å². The van der Waals surface area contributed by atoms with E-state index in [2.05, 4.69) is 10.3 Å². The number of aryl methyl sites for hydroxylation is 1. The first-order valence-corrected chi connectivity index (χ1v) is 14.4. The van der Waals surface area contributed by atoms with Crippen LogP contribution in [0.5, 0.6) is 0 Å². The molecule has 1 aliphatic heterocycles. The average Bonchev–Trinajstić information content (AvgIpc) is 3.52. The van der Waals surface area contributed by atoms with Crippen molar-refractivity contribution < 1.29 is 19.2 Å². The van der Waals surface area contributed by atoms with Gasteiger partial charge in [-0.15, -0.1) is 11.3 Å². The third-order valence-corrected chi connectivity index (χ3v) is 8.11. The van der Waals surface area contributed by atoms with Crippen molar-refractivity contribution in [3.63, 3.8) is 0 Å². The maximum atomic E-state index is 13.6. The maximum Gasteiger partial charge on any atom is 0.243 e. The van der Waals surface area contributed by atoms with Crippen LogP contribution >= 0.6 is 11.3 Å². The molecule has 1 fully saturated rings. The van der Waals surface area contributed by atoms with Crippen molar-refractivity contribution in [3.8, 4) is 10.4 Å². The Labute approximate surface area is 235 Å². The number of nitrogens with one attached hydrogen (secondary N) is 1. The quantitative estimate of drug-likeness (QED) is 0.311. The number of Topliss-reactive ketones (excluding diaryl/α,β-unsaturated/α-hetero) is 1. The van der Waals surface area contributed by atoms with Crippen molar-refractivity contribution in [2.75, 3.05) is 6.54 Å². The second-order valence-corrected chi connectivity index (χ2v) is 11.8. The summed E-state index contributed by atoms with van der Waals surface area (Å²) in [6, 6.07) is 6.58. The van der Waals surface area contributed by atoms with Crippen LogP contribution < -0.4 is 11.1 Å². The van der Waals surface area contributed by atoms with Crippen molar-refractivity contribution in [1.82, 2.24) is 15.2 Å². The Morgan fingerprint density at radius 3 is 2.36 bits per heavy atom. The van der Waals surface area contributed by atoms with Crippen molar-refractivity contribution in [3.05, 3.63) is 52.8 Å². The molecule has 9 heteroatoms. The number of nitrogens with zero attached hydrogens (tertiary/aromatic N) is 2. The first kappa shape index (κ1) is 30.2. The van der Waals surface area contributed by atoms with Gasteiger partial charge in [0.1, 0.15) is 17.7 Å². The number of aromatic nitrogens is 1. The smallest absolute Gasteiger partial charge is 0.243 e. The van der Waals surface area contributed by atoms with Crippen molar-refractivity contribution in [2.24, 2.45) is 23.5 Å². The summed E-state index contributed by atoms with van der Waals surface area (Å²) in [4.78, 5) is 59.6. The molecule has 3 unspecified atom stereocenters. The summed E-state index contributed by atoms with van der Waals surface area (Å²) in [5, 5.41) is 3.06. The predicted molar refractivity (Wildman–Crippen MR) is 154 cm³/mol. The Balaban J connectivity index is 1.84. The molecule has 8 nitrogen and oxygen atoms in total. The minimum atomic E-state index is -0.905. The molecule has 0 spiro atoms. The number of allylic oxidation sites excluding steroid dienone is 2. The van der Waals surface area contributed by atoms with E-state index in [1.54, 1.807) is 18.3 Å². The van der Waals surface area contributed by atoms with Gasteiger partial charge in [0.2, 0.25) is 11.8 Å². The van der Waals surface area contributed by atoms with E-state index in [4.69, 9.17) is 5.73 Å². The van der Waals surface area contributed by atoms with E-state index in [1.165, 1.54) is 11.0 Å². The lowest BCUT2D eigenvalue weighted by Crippen LogP contribution is -2.50. The second-order valence-electron chi connectivity index (χ2n) is 11.0. The summed E-state index contributed by atoms with van der Waals surface area (Å²) >= 11 is 1.56. The van der Waals surface area contributed by atoms with Crippen molar-refractivity contribution in [2.45, 2.75) is 72.9 Å². The summed E-state index contributed by atoms with van der Waals surface area (Å²) < 4.78 is 0. The van der Waals surface area contributed by atoms with Crippen LogP contribution in [0.15, 0.2) is 41.5 Å². The van der Waals surface area contributed by atoms with Gasteiger partial charge in [0.05, 0.1) is 22.1 Å². The predicted octanol–water partition coefficient (Wildman–Crippen LogP) is 4.59. The maximum absolute atomic E-state index is 13.6. The molecule has 1 aliphatic rings. The molecule has 2 aromatic rings. The van der Waals surface area contributed by atoms with Gasteiger partial charge in [0.25, 0.3) is 0 Å². The molecular formula is C30H40N4O4S. The molecule has 0 radical (unpaired) electrons. The van der Waals surface area contributed by atoms with Crippen LogP contribution in [-0.2, 0) is 19.2 Å². The number of ketones is 2. The number of carbonyl (C=O) groups is 4. The van der Waals surface area contributed by atoms with Crippen molar-refractivity contribution in [1.29, 1.82) is 0 Å². The molecule has 3 atom stereocenters. The largest absolute Gasteiger partial charge is 0.402 e. The van der Waals surface area contributed by atoms with Gasteiger partial charge in [-0.1, -0.05) is 52.0 Å². The van der Waals surface area contributed by atoms with E-state index in [0.29, 0.717) is 25.1 Å². The number of carbonyl (C=O) groups excluding carboxylic acids is 4. The van der Waals surface area contributed by atoms with Crippen LogP contribution in [-0.4, -0.2) is 45.9 Å². The highest BCUT2D eigenvalue weighted by Crippen LogP contribution is 2.30. The van der Waals surface area contributed by atoms with Gasteiger partial charge in [-0.2, -0.15) is 0 Å². The van der Waals surface area contributed by atoms with Gasteiger partial charge in [0.15, 0.2) is 5.78 Å². The third kappa shape index (κ3) is 7.41. The molecule has 0 saturated carbocycles. The van der Waals surface area contributed by atoms with Crippen LogP contribution in [0.1, 0.15) is 71.2 Å². The Kier molecular flexibility index (Phi) is 10.2. The fourth-order valence-electron chi connectivity index (χ4n) is 4.93. The average molecular weight is 553 g/mol. The van der Waals surface area contributed by atoms with Gasteiger partial charge in [-0.25, -0.2) is 4.98 Å². The summed E-state index contributed by atoms with van der Waals surface area (Å²) in [6.45, 7) is 11.3. The number of hydrogen-bond donors (Lipinski definition) is 2. The topological polar surface area (TPSA) is 122 Å². The molecule has 1 aromatic carbocycles. The Bertz CT molecular complexity index is 1230. The first-order valence-electron chi connectivity index (χ1n) is 13.5. The minimum absolute atomic E-state index is 0.0384. The summed E-state index contributed by atoms with van der Waals surface area (Å²) in [6.07, 6.45) is 2.60. The Hall–Kier alpha value is -3.33. The molecule has 39 heavy (non-hydrogen) atoms. The molecule has 1 aromatic heterocycles. The van der Waals surface area contributed by atoms with Crippen LogP contribution in [0.2, 0.25) is 0 Å². The van der Waals surface area contributed by atoms with Gasteiger partial charge >= 0.3 is 0 Å². The van der Waals surface area contributed by atoms with Gasteiger partial charge < -0.3 is 16.0 Å². The lowest BCUT2D eigenvalue weighted by molar-refractivity contribution is -0.146. The van der Waals surface area contributed by atoms with Gasteiger partial charge in [-0.3, -0.25) is 19.2 Å². The Morgan fingerprint density at radius 2 is 1.82 bits per heavy atom. The number of hydrogen-bond acceptors (Lipinski definition) is 7. The molecule has 2 amide bonds. The van der Waals surface area contributed by atoms with Crippen LogP contribution in [0.3, 0.4) is 0 Å². The highest BCUT2D eigenvalue weighted by molar-refractivity contribution is 7.13. The van der Waals surface area contributed by atoms with E-state index in [1.807, 2.05) is 64.4 Å². The fraction of sp³-hybridized carbons (Fsp3) is 0.500. The fourth-order valence-corrected chi connectivity index (χ4v) is 5.75. The molecule has 1 saturated heterocycles. The molecule has 210 valence electrons. The summed E-state index contributed by atoms with van der Waals surface area (Å²) in [5.74, 6) is -2.31. The normalized spacial score (nSPS) is 17.4. The Morgan fingerprint density at radius 1 is 1.15 bits per heavy atom. The molecule has 3 N–H and O–H groups in total. The van der Waals surface area contributed by atoms with Crippen LogP contribution in [0.25, 0.3) is 10.4 Å². The van der Waals surface area contributed by atoms with Gasteiger partial charge in [0, 0.05) is 30.7 Å². The van der Waals surface area contributed by atoms with Crippen LogP contribution in [0, 0.1) is 24.7 Å². The first-order chi connectivity index (χ1) is 18.4. The highest BCUT2D eigenvalue weighted by atomic mass is 32.1. The monoisotopic (exact) mass is 552 g/mol. The zero-order chi connectivity index (χ0) is 28.9. The van der Waals surface area contributed by atoms with E-state index < -0.39 is 18.0 Å². The molecule has 2 heterocycles. The van der Waals surface area contributed by atoms with E-state index in [0.717, 1.165) is 21.7 Å². The molecular weight excluding hydrogens is 512 g/mol. The number of likely N-dealkylation sites (tertiary alicyclic amines) is 1. The molecule has 0 aliphatic carbocycles. The number of thiazole rings is 1. The van der Waals surface area contributed by atoms with E-state index >= 15 is 0 Å². The van der Waals surface area contributed by atoms with Crippen molar-refractivity contribution >= 4 is 34.7 Å². The highest BCUT2D eigenvalue weighted by Gasteiger charge is 2.40. The number of amides is 2. The lowest BCUT2D eigenvalue weighted by atomic mass is 9.89. The zero-order valence-electron chi connectivity index (χ0n) is 23.7. The zero-order valence-corrected chi connectivity index (χ0v) is 24.5. The number of nitrogens with two attached hydrogens (primary N) is 1. The third-order valence-electron chi connectivity index (χ3n) is 7.13. The summed E-state index contributed by atoms with van der Waals surface area (Å²) in [7, 11) is 0. The number of rotatable bonds is 11. The lowest BCUT2D eigenvalue weighted by Gasteiger charge is -2.30. The van der Waals surface area contributed by atoms with Crippen LogP contribution in [0.4, 0.5) is 0 Å². The minimum Gasteiger partial charge on any atom is -0.402 e. The van der Waals surface area contributed by atoms with E-state index in [9.17, 15) is 19.2 Å². The summed E-state index contributed by atoms with van der Waals surface area (Å²) in [5.41, 5.74) is 10.6. The standard InChI is InChI=1S/C30H40N4O4S/c1-17(2)25(35)15-23(21-9-11-22(12-10-21)28-20(6)32-16-39-28)33-29(37)24-8-7-13-34(24)30(38)27(18(3)4)26(36)14-19(5)31/h9-12,14,16-18,23-24,27H,7-8,13,15,31H2,1-6H3,(H,33,37).